The number of hydrogen-bond donors (Lipinski definition) is 0. The summed E-state index contributed by atoms with van der Waals surface area (Å²) in [7, 11) is 2.21. The predicted molar refractivity (Wildman–Crippen MR) is 112 cm³/mol. The van der Waals surface area contributed by atoms with E-state index in [0.717, 1.165) is 26.2 Å². The van der Waals surface area contributed by atoms with Gasteiger partial charge < -0.3 is 14.4 Å². The summed E-state index contributed by atoms with van der Waals surface area (Å²) in [6.45, 7) is 16.8. The van der Waals surface area contributed by atoms with Crippen molar-refractivity contribution in [2.24, 2.45) is 0 Å². The molecule has 0 aliphatic carbocycles. The molecule has 0 spiro atoms. The first-order valence-corrected chi connectivity index (χ1v) is 10.2. The third-order valence-electron chi connectivity index (χ3n) is 5.81. The first-order chi connectivity index (χ1) is 13.0. The highest BCUT2D eigenvalue weighted by atomic mass is 15.3. The van der Waals surface area contributed by atoms with Crippen molar-refractivity contribution >= 4 is 0 Å². The minimum absolute atomic E-state index is 0.982. The van der Waals surface area contributed by atoms with Crippen LogP contribution in [0.25, 0.3) is 0 Å². The fourth-order valence-electron chi connectivity index (χ4n) is 3.92. The summed E-state index contributed by atoms with van der Waals surface area (Å²) in [4.78, 5) is 11.7. The number of piperazine rings is 1. The molecule has 0 atom stereocenters. The maximum Gasteiger partial charge on any atom is 0.0946 e. The summed E-state index contributed by atoms with van der Waals surface area (Å²) in [6, 6.07) is 4.75. The summed E-state index contributed by atoms with van der Waals surface area (Å²) < 4.78 is 2.14. The Morgan fingerprint density at radius 2 is 1.74 bits per heavy atom. The lowest BCUT2D eigenvalue weighted by Gasteiger charge is -2.34. The smallest absolute Gasteiger partial charge is 0.0946 e. The van der Waals surface area contributed by atoms with Crippen molar-refractivity contribution in [2.75, 3.05) is 46.3 Å². The van der Waals surface area contributed by atoms with E-state index in [4.69, 9.17) is 0 Å². The number of imidazole rings is 1. The van der Waals surface area contributed by atoms with Gasteiger partial charge in [-0.1, -0.05) is 24.6 Å². The largest absolute Gasteiger partial charge is 0.336 e. The van der Waals surface area contributed by atoms with Gasteiger partial charge in [-0.05, 0) is 44.1 Å². The van der Waals surface area contributed by atoms with Gasteiger partial charge in [0.1, 0.15) is 0 Å². The zero-order valence-electron chi connectivity index (χ0n) is 17.5. The molecule has 0 unspecified atom stereocenters. The van der Waals surface area contributed by atoms with Crippen molar-refractivity contribution in [1.82, 2.24) is 24.3 Å². The summed E-state index contributed by atoms with van der Waals surface area (Å²) in [5, 5.41) is 0. The number of likely N-dealkylation sites (N-methyl/N-ethyl adjacent to an activating group) is 2. The first-order valence-electron chi connectivity index (χ1n) is 10.2. The average Bonchev–Trinajstić information content (AvgIpc) is 3.18. The quantitative estimate of drug-likeness (QED) is 0.715. The van der Waals surface area contributed by atoms with E-state index < -0.39 is 0 Å². The maximum absolute atomic E-state index is 4.12. The van der Waals surface area contributed by atoms with Gasteiger partial charge in [0, 0.05) is 64.8 Å². The van der Waals surface area contributed by atoms with Gasteiger partial charge in [-0.15, -0.1) is 0 Å². The summed E-state index contributed by atoms with van der Waals surface area (Å²) in [5.41, 5.74) is 5.80. The van der Waals surface area contributed by atoms with Crippen LogP contribution >= 0.6 is 0 Å². The molecule has 148 valence electrons. The fraction of sp³-hybridized carbons (Fsp3) is 0.591. The van der Waals surface area contributed by atoms with Crippen LogP contribution in [-0.4, -0.2) is 70.6 Å². The molecule has 0 saturated carbocycles. The molecule has 2 heterocycles. The van der Waals surface area contributed by atoms with E-state index in [2.05, 4.69) is 64.2 Å². The molecular formula is C22H35N5. The van der Waals surface area contributed by atoms with E-state index in [-0.39, 0.29) is 0 Å². The number of aryl methyl sites for hydroxylation is 1. The number of nitrogens with zero attached hydrogens (tertiary/aromatic N) is 5. The Labute approximate surface area is 164 Å². The molecule has 1 aromatic heterocycles. The second-order valence-corrected chi connectivity index (χ2v) is 7.96. The van der Waals surface area contributed by atoms with Crippen LogP contribution in [-0.2, 0) is 19.6 Å². The molecule has 1 aliphatic rings. The Kier molecular flexibility index (Phi) is 7.05. The molecule has 1 saturated heterocycles. The highest BCUT2D eigenvalue weighted by Gasteiger charge is 2.17. The topological polar surface area (TPSA) is 27.5 Å². The molecule has 0 amide bonds. The lowest BCUT2D eigenvalue weighted by molar-refractivity contribution is 0.131. The van der Waals surface area contributed by atoms with E-state index >= 15 is 0 Å². The van der Waals surface area contributed by atoms with Gasteiger partial charge >= 0.3 is 0 Å². The van der Waals surface area contributed by atoms with Gasteiger partial charge in [-0.3, -0.25) is 4.90 Å². The van der Waals surface area contributed by atoms with Crippen molar-refractivity contribution < 1.29 is 0 Å². The maximum atomic E-state index is 4.12. The van der Waals surface area contributed by atoms with E-state index in [1.165, 1.54) is 55.0 Å². The van der Waals surface area contributed by atoms with Crippen LogP contribution in [0.2, 0.25) is 0 Å². The molecular weight excluding hydrogens is 334 g/mol. The highest BCUT2D eigenvalue weighted by Crippen LogP contribution is 2.20. The summed E-state index contributed by atoms with van der Waals surface area (Å²) in [6.07, 6.45) is 5.77. The van der Waals surface area contributed by atoms with Crippen molar-refractivity contribution in [2.45, 2.75) is 40.4 Å². The highest BCUT2D eigenvalue weighted by molar-refractivity contribution is 5.38. The molecule has 0 bridgehead atoms. The van der Waals surface area contributed by atoms with Crippen molar-refractivity contribution in [3.63, 3.8) is 0 Å². The van der Waals surface area contributed by atoms with Crippen molar-refractivity contribution in [3.05, 3.63) is 53.1 Å². The lowest BCUT2D eigenvalue weighted by atomic mass is 9.98. The lowest BCUT2D eigenvalue weighted by Crippen LogP contribution is -2.45. The van der Waals surface area contributed by atoms with Crippen LogP contribution in [0.1, 0.15) is 29.2 Å². The molecule has 0 radical (unpaired) electrons. The SMILES string of the molecule is CCN1CCN(Cc2cc(C)cc(CN(C)CCn3ccnc3)c2C)CC1. The zero-order chi connectivity index (χ0) is 19.2. The molecule has 1 fully saturated rings. The minimum Gasteiger partial charge on any atom is -0.336 e. The van der Waals surface area contributed by atoms with Crippen LogP contribution in [0.3, 0.4) is 0 Å². The van der Waals surface area contributed by atoms with Gasteiger partial charge in [-0.2, -0.15) is 0 Å². The van der Waals surface area contributed by atoms with E-state index in [1.54, 1.807) is 0 Å². The molecule has 0 N–H and O–H groups in total. The standard InChI is InChI=1S/C22H35N5/c1-5-25-10-12-26(13-11-25)17-22-15-19(2)14-21(20(22)3)16-24(4)8-9-27-7-6-23-18-27/h6-7,14-15,18H,5,8-13,16-17H2,1-4H3. The van der Waals surface area contributed by atoms with E-state index in [1.807, 2.05) is 18.7 Å². The summed E-state index contributed by atoms with van der Waals surface area (Å²) in [5.74, 6) is 0. The number of hydrogen-bond acceptors (Lipinski definition) is 4. The van der Waals surface area contributed by atoms with E-state index in [9.17, 15) is 0 Å². The molecule has 27 heavy (non-hydrogen) atoms. The van der Waals surface area contributed by atoms with Crippen LogP contribution in [0, 0.1) is 13.8 Å². The van der Waals surface area contributed by atoms with Gasteiger partial charge in [0.2, 0.25) is 0 Å². The summed E-state index contributed by atoms with van der Waals surface area (Å²) >= 11 is 0. The Morgan fingerprint density at radius 1 is 1.04 bits per heavy atom. The van der Waals surface area contributed by atoms with Gasteiger partial charge in [0.05, 0.1) is 6.33 Å². The Bertz CT molecular complexity index is 702. The first kappa shape index (κ1) is 20.1. The molecule has 1 aromatic carbocycles. The van der Waals surface area contributed by atoms with Crippen molar-refractivity contribution in [3.8, 4) is 0 Å². The Morgan fingerprint density at radius 3 is 2.41 bits per heavy atom. The van der Waals surface area contributed by atoms with Crippen LogP contribution in [0.5, 0.6) is 0 Å². The number of benzene rings is 1. The molecule has 2 aromatic rings. The fourth-order valence-corrected chi connectivity index (χ4v) is 3.92. The van der Waals surface area contributed by atoms with Gasteiger partial charge in [-0.25, -0.2) is 4.98 Å². The second kappa shape index (κ2) is 9.49. The number of aromatic nitrogens is 2. The number of rotatable bonds is 8. The van der Waals surface area contributed by atoms with E-state index in [0.29, 0.717) is 0 Å². The average molecular weight is 370 g/mol. The molecule has 5 heteroatoms. The predicted octanol–water partition coefficient (Wildman–Crippen LogP) is 2.77. The monoisotopic (exact) mass is 369 g/mol. The van der Waals surface area contributed by atoms with Crippen LogP contribution < -0.4 is 0 Å². The van der Waals surface area contributed by atoms with Crippen molar-refractivity contribution in [1.29, 1.82) is 0 Å². The van der Waals surface area contributed by atoms with Gasteiger partial charge in [0.25, 0.3) is 0 Å². The Hall–Kier alpha value is -1.69. The zero-order valence-corrected chi connectivity index (χ0v) is 17.5. The van der Waals surface area contributed by atoms with Gasteiger partial charge in [0.15, 0.2) is 0 Å². The normalized spacial score (nSPS) is 16.3. The second-order valence-electron chi connectivity index (χ2n) is 7.96. The third-order valence-corrected chi connectivity index (χ3v) is 5.81. The minimum atomic E-state index is 0.982. The molecule has 3 rings (SSSR count). The Balaban J connectivity index is 1.60. The van der Waals surface area contributed by atoms with Crippen LogP contribution in [0.15, 0.2) is 30.9 Å². The third kappa shape index (κ3) is 5.64. The molecule has 1 aliphatic heterocycles. The molecule has 5 nitrogen and oxygen atoms in total. The van der Waals surface area contributed by atoms with Crippen LogP contribution in [0.4, 0.5) is 0 Å².